The monoisotopic (exact) mass is 462 g/mol. The van der Waals surface area contributed by atoms with Gasteiger partial charge in [-0.25, -0.2) is 4.79 Å². The zero-order chi connectivity index (χ0) is 24.4. The first-order valence-electron chi connectivity index (χ1n) is 10.9. The summed E-state index contributed by atoms with van der Waals surface area (Å²) in [6.45, 7) is 1.77. The Hall–Kier alpha value is -3.94. The molecule has 8 heteroatoms. The predicted molar refractivity (Wildman–Crippen MR) is 123 cm³/mol. The Bertz CT molecular complexity index is 1180. The lowest BCUT2D eigenvalue weighted by Crippen LogP contribution is -2.43. The number of nitrogens with zero attached hydrogens (tertiary/aromatic N) is 1. The van der Waals surface area contributed by atoms with Gasteiger partial charge in [-0.05, 0) is 43.2 Å². The Morgan fingerprint density at radius 3 is 2.35 bits per heavy atom. The van der Waals surface area contributed by atoms with Crippen LogP contribution in [0.2, 0.25) is 0 Å². The third-order valence-electron chi connectivity index (χ3n) is 6.41. The fraction of sp³-hybridized carbons (Fsp3) is 0.308. The second-order valence-corrected chi connectivity index (χ2v) is 8.18. The van der Waals surface area contributed by atoms with Crippen LogP contribution in [0.3, 0.4) is 0 Å². The second-order valence-electron chi connectivity index (χ2n) is 8.18. The molecule has 8 nitrogen and oxygen atoms in total. The summed E-state index contributed by atoms with van der Waals surface area (Å²) in [6.07, 6.45) is 1.98. The molecule has 2 heterocycles. The van der Waals surface area contributed by atoms with Gasteiger partial charge in [-0.2, -0.15) is 0 Å². The topological polar surface area (TPSA) is 104 Å². The van der Waals surface area contributed by atoms with E-state index in [2.05, 4.69) is 10.3 Å². The fourth-order valence-electron chi connectivity index (χ4n) is 4.82. The molecule has 3 atom stereocenters. The summed E-state index contributed by atoms with van der Waals surface area (Å²) in [5.41, 5.74) is 3.21. The summed E-state index contributed by atoms with van der Waals surface area (Å²) in [5.74, 6) is -3.19. The first kappa shape index (κ1) is 23.2. The zero-order valence-corrected chi connectivity index (χ0v) is 19.5. The second kappa shape index (κ2) is 9.51. The predicted octanol–water partition coefficient (Wildman–Crippen LogP) is 3.02. The van der Waals surface area contributed by atoms with E-state index in [1.807, 2.05) is 12.1 Å². The van der Waals surface area contributed by atoms with Gasteiger partial charge in [0.25, 0.3) is 0 Å². The lowest BCUT2D eigenvalue weighted by molar-refractivity contribution is -0.150. The molecule has 0 unspecified atom stereocenters. The smallest absolute Gasteiger partial charge is 0.336 e. The average Bonchev–Trinajstić information content (AvgIpc) is 2.87. The summed E-state index contributed by atoms with van der Waals surface area (Å²) in [4.78, 5) is 44.1. The van der Waals surface area contributed by atoms with Crippen LogP contribution in [0.5, 0.6) is 5.75 Å². The lowest BCUT2D eigenvalue weighted by atomic mass is 9.67. The largest absolute Gasteiger partial charge is 0.497 e. The van der Waals surface area contributed by atoms with E-state index in [1.165, 1.54) is 14.2 Å². The number of carbonyl (C=O) groups excluding carboxylic acids is 3. The third kappa shape index (κ3) is 3.96. The summed E-state index contributed by atoms with van der Waals surface area (Å²) in [7, 11) is 4.14. The van der Waals surface area contributed by atoms with Gasteiger partial charge in [0.1, 0.15) is 11.7 Å². The number of nitrogens with one attached hydrogen (secondary N) is 1. The molecule has 1 aliphatic carbocycles. The summed E-state index contributed by atoms with van der Waals surface area (Å²) >= 11 is 0. The molecule has 0 radical (unpaired) electrons. The number of ether oxygens (including phenoxy) is 3. The highest BCUT2D eigenvalue weighted by Crippen LogP contribution is 2.47. The van der Waals surface area contributed by atoms with Crippen molar-refractivity contribution in [2.24, 2.45) is 5.92 Å². The third-order valence-corrected chi connectivity index (χ3v) is 6.41. The summed E-state index contributed by atoms with van der Waals surface area (Å²) in [6, 6.07) is 12.6. The maximum atomic E-state index is 14.0. The fourth-order valence-corrected chi connectivity index (χ4v) is 4.82. The number of allylic oxidation sites excluding steroid dienone is 3. The number of ketones is 1. The summed E-state index contributed by atoms with van der Waals surface area (Å²) < 4.78 is 15.3. The van der Waals surface area contributed by atoms with Crippen LogP contribution in [0.25, 0.3) is 0 Å². The number of rotatable bonds is 5. The van der Waals surface area contributed by atoms with E-state index in [4.69, 9.17) is 14.2 Å². The molecule has 0 saturated carbocycles. The maximum Gasteiger partial charge on any atom is 0.336 e. The van der Waals surface area contributed by atoms with Crippen molar-refractivity contribution in [3.05, 3.63) is 82.5 Å². The van der Waals surface area contributed by atoms with E-state index >= 15 is 0 Å². The molecule has 0 amide bonds. The molecule has 4 rings (SSSR count). The number of hydrogen-bond donors (Lipinski definition) is 1. The number of aromatic nitrogens is 1. The first-order chi connectivity index (χ1) is 16.4. The molecule has 2 aromatic rings. The van der Waals surface area contributed by atoms with E-state index in [9.17, 15) is 14.4 Å². The average molecular weight is 463 g/mol. The Kier molecular flexibility index (Phi) is 6.49. The van der Waals surface area contributed by atoms with Gasteiger partial charge in [0, 0.05) is 29.1 Å². The van der Waals surface area contributed by atoms with Crippen LogP contribution in [0.4, 0.5) is 0 Å². The van der Waals surface area contributed by atoms with E-state index < -0.39 is 35.5 Å². The molecule has 0 spiro atoms. The number of pyridine rings is 1. The van der Waals surface area contributed by atoms with Crippen molar-refractivity contribution in [1.29, 1.82) is 0 Å². The molecule has 0 saturated heterocycles. The Balaban J connectivity index is 1.88. The van der Waals surface area contributed by atoms with Crippen LogP contribution >= 0.6 is 0 Å². The minimum Gasteiger partial charge on any atom is -0.497 e. The van der Waals surface area contributed by atoms with E-state index in [0.717, 1.165) is 5.56 Å². The quantitative estimate of drug-likeness (QED) is 0.534. The molecule has 2 aliphatic rings. The highest BCUT2D eigenvalue weighted by molar-refractivity contribution is 6.13. The van der Waals surface area contributed by atoms with Crippen molar-refractivity contribution >= 4 is 17.7 Å². The number of esters is 2. The van der Waals surface area contributed by atoms with Gasteiger partial charge in [0.05, 0.1) is 38.5 Å². The molecule has 176 valence electrons. The van der Waals surface area contributed by atoms with Crippen molar-refractivity contribution in [2.45, 2.75) is 25.2 Å². The van der Waals surface area contributed by atoms with E-state index in [1.54, 1.807) is 50.6 Å². The van der Waals surface area contributed by atoms with Gasteiger partial charge in [-0.3, -0.25) is 14.6 Å². The molecule has 34 heavy (non-hydrogen) atoms. The number of carbonyl (C=O) groups is 3. The zero-order valence-electron chi connectivity index (χ0n) is 19.5. The van der Waals surface area contributed by atoms with E-state index in [0.29, 0.717) is 40.4 Å². The maximum absolute atomic E-state index is 14.0. The van der Waals surface area contributed by atoms with Crippen molar-refractivity contribution < 1.29 is 28.6 Å². The van der Waals surface area contributed by atoms with Crippen LogP contribution in [0.1, 0.15) is 36.4 Å². The Labute approximate surface area is 197 Å². The standard InChI is InChI=1S/C26H26N2O6/c1-14-20(25(30)33-3)22(18-7-5-6-12-27-18)23-19(28-14)13-17(21(24(23)29)26(31)34-4)15-8-10-16(32-2)11-9-15/h5-12,17,21-22,28H,13H2,1-4H3/t17-,21-,22+/m1/s1. The number of methoxy groups -OCH3 is 3. The molecule has 1 N–H and O–H groups in total. The number of dihydropyridines is 1. The first-order valence-corrected chi connectivity index (χ1v) is 10.9. The molecule has 1 aromatic heterocycles. The highest BCUT2D eigenvalue weighted by atomic mass is 16.5. The van der Waals surface area contributed by atoms with Crippen molar-refractivity contribution in [2.75, 3.05) is 21.3 Å². The van der Waals surface area contributed by atoms with Crippen molar-refractivity contribution in [1.82, 2.24) is 10.3 Å². The lowest BCUT2D eigenvalue weighted by Gasteiger charge is -2.39. The SMILES string of the molecule is COC(=O)C1=C(C)NC2=C(C(=O)[C@H](C(=O)OC)[C@@H](c3ccc(OC)cc3)C2)[C@H]1c1ccccn1. The summed E-state index contributed by atoms with van der Waals surface area (Å²) in [5, 5.41) is 3.25. The van der Waals surface area contributed by atoms with Crippen LogP contribution < -0.4 is 10.1 Å². The molecule has 0 fully saturated rings. The van der Waals surface area contributed by atoms with Gasteiger partial charge in [0.2, 0.25) is 0 Å². The van der Waals surface area contributed by atoms with Gasteiger partial charge < -0.3 is 19.5 Å². The normalized spacial score (nSPS) is 22.0. The van der Waals surface area contributed by atoms with Crippen molar-refractivity contribution in [3.8, 4) is 5.75 Å². The Morgan fingerprint density at radius 2 is 1.76 bits per heavy atom. The van der Waals surface area contributed by atoms with Gasteiger partial charge in [-0.1, -0.05) is 18.2 Å². The van der Waals surface area contributed by atoms with Crippen LogP contribution in [0.15, 0.2) is 71.2 Å². The number of hydrogen-bond acceptors (Lipinski definition) is 8. The molecular weight excluding hydrogens is 436 g/mol. The minimum absolute atomic E-state index is 0.291. The van der Waals surface area contributed by atoms with Crippen LogP contribution in [-0.4, -0.2) is 44.0 Å². The highest BCUT2D eigenvalue weighted by Gasteiger charge is 2.49. The number of benzene rings is 1. The van der Waals surface area contributed by atoms with Gasteiger partial charge >= 0.3 is 11.9 Å². The Morgan fingerprint density at radius 1 is 1.03 bits per heavy atom. The van der Waals surface area contributed by atoms with Crippen LogP contribution in [0, 0.1) is 5.92 Å². The van der Waals surface area contributed by atoms with Gasteiger partial charge in [0.15, 0.2) is 5.78 Å². The van der Waals surface area contributed by atoms with Gasteiger partial charge in [-0.15, -0.1) is 0 Å². The van der Waals surface area contributed by atoms with E-state index in [-0.39, 0.29) is 0 Å². The minimum atomic E-state index is -1.07. The molecule has 1 aromatic carbocycles. The van der Waals surface area contributed by atoms with Crippen molar-refractivity contribution in [3.63, 3.8) is 0 Å². The molecule has 1 aliphatic heterocycles. The molecular formula is C26H26N2O6. The molecule has 0 bridgehead atoms. The van der Waals surface area contributed by atoms with Crippen LogP contribution in [-0.2, 0) is 23.9 Å². The number of Topliss-reactive ketones (excluding diaryl/α,β-unsaturated/α-hetero) is 1.